The predicted molar refractivity (Wildman–Crippen MR) is 101 cm³/mol. The Morgan fingerprint density at radius 3 is 2.44 bits per heavy atom. The number of carbonyl (C=O) groups is 1. The van der Waals surface area contributed by atoms with Crippen LogP contribution in [0.5, 0.6) is 0 Å². The van der Waals surface area contributed by atoms with Crippen molar-refractivity contribution in [1.29, 1.82) is 0 Å². The molecule has 0 saturated carbocycles. The first-order chi connectivity index (χ1) is 11.9. The molecule has 0 spiro atoms. The highest BCUT2D eigenvalue weighted by Crippen LogP contribution is 2.26. The maximum absolute atomic E-state index is 12.3. The number of sulfonamides is 1. The lowest BCUT2D eigenvalue weighted by Gasteiger charge is -2.11. The molecule has 2 aromatic heterocycles. The van der Waals surface area contributed by atoms with E-state index in [0.29, 0.717) is 11.4 Å². The van der Waals surface area contributed by atoms with Crippen molar-refractivity contribution in [1.82, 2.24) is 9.29 Å². The molecule has 0 atom stereocenters. The summed E-state index contributed by atoms with van der Waals surface area (Å²) in [6.07, 6.45) is 0. The van der Waals surface area contributed by atoms with Gasteiger partial charge in [-0.25, -0.2) is 17.7 Å². The molecule has 9 heteroatoms. The maximum atomic E-state index is 12.3. The molecule has 0 radical (unpaired) electrons. The van der Waals surface area contributed by atoms with Gasteiger partial charge in [0.05, 0.1) is 4.90 Å². The van der Waals surface area contributed by atoms with E-state index in [4.69, 9.17) is 0 Å². The van der Waals surface area contributed by atoms with Crippen LogP contribution in [0, 0.1) is 0 Å². The number of aromatic nitrogens is 1. The highest BCUT2D eigenvalue weighted by atomic mass is 32.2. The standard InChI is InChI=1S/C16H15N3O3S3/c1-19(2)25(21,22)13-5-3-12(4-6-13)17-15(20)14-10-24-16(18-14)11-7-8-23-9-11/h3-10H,1-2H3,(H,17,20). The first-order valence-electron chi connectivity index (χ1n) is 7.20. The summed E-state index contributed by atoms with van der Waals surface area (Å²) < 4.78 is 25.2. The average molecular weight is 394 g/mol. The summed E-state index contributed by atoms with van der Waals surface area (Å²) in [6, 6.07) is 7.99. The van der Waals surface area contributed by atoms with Crippen LogP contribution in [-0.2, 0) is 10.0 Å². The minimum atomic E-state index is -3.49. The van der Waals surface area contributed by atoms with Crippen LogP contribution in [-0.4, -0.2) is 37.7 Å². The normalized spacial score (nSPS) is 11.6. The summed E-state index contributed by atoms with van der Waals surface area (Å²) in [5.41, 5.74) is 1.83. The number of hydrogen-bond acceptors (Lipinski definition) is 6. The van der Waals surface area contributed by atoms with Gasteiger partial charge in [-0.15, -0.1) is 11.3 Å². The van der Waals surface area contributed by atoms with Gasteiger partial charge >= 0.3 is 0 Å². The molecule has 0 bridgehead atoms. The second-order valence-corrected chi connectivity index (χ2v) is 9.11. The zero-order valence-electron chi connectivity index (χ0n) is 13.5. The van der Waals surface area contributed by atoms with Gasteiger partial charge in [-0.2, -0.15) is 11.3 Å². The van der Waals surface area contributed by atoms with Crippen molar-refractivity contribution in [2.45, 2.75) is 4.90 Å². The van der Waals surface area contributed by atoms with Gasteiger partial charge in [-0.1, -0.05) is 0 Å². The van der Waals surface area contributed by atoms with Gasteiger partial charge in [0.1, 0.15) is 10.7 Å². The van der Waals surface area contributed by atoms with Crippen molar-refractivity contribution in [3.8, 4) is 10.6 Å². The monoisotopic (exact) mass is 393 g/mol. The molecule has 0 saturated heterocycles. The van der Waals surface area contributed by atoms with Crippen molar-refractivity contribution >= 4 is 44.3 Å². The number of carbonyl (C=O) groups excluding carboxylic acids is 1. The smallest absolute Gasteiger partial charge is 0.275 e. The molecule has 3 rings (SSSR count). The lowest BCUT2D eigenvalue weighted by molar-refractivity contribution is 0.102. The Kier molecular flexibility index (Phi) is 5.00. The van der Waals surface area contributed by atoms with E-state index in [0.717, 1.165) is 14.9 Å². The molecule has 0 aliphatic carbocycles. The largest absolute Gasteiger partial charge is 0.321 e. The lowest BCUT2D eigenvalue weighted by Crippen LogP contribution is -2.22. The van der Waals surface area contributed by atoms with Gasteiger partial charge in [0.2, 0.25) is 10.0 Å². The SMILES string of the molecule is CN(C)S(=O)(=O)c1ccc(NC(=O)c2csc(-c3ccsc3)n2)cc1. The molecule has 0 unspecified atom stereocenters. The molecule has 1 N–H and O–H groups in total. The molecule has 6 nitrogen and oxygen atoms in total. The summed E-state index contributed by atoms with van der Waals surface area (Å²) >= 11 is 2.98. The maximum Gasteiger partial charge on any atom is 0.275 e. The zero-order chi connectivity index (χ0) is 18.0. The van der Waals surface area contributed by atoms with Crippen LogP contribution in [0.1, 0.15) is 10.5 Å². The number of rotatable bonds is 5. The molecule has 0 aliphatic rings. The second kappa shape index (κ2) is 7.04. The van der Waals surface area contributed by atoms with Crippen LogP contribution in [0.3, 0.4) is 0 Å². The minimum Gasteiger partial charge on any atom is -0.321 e. The number of amides is 1. The molecule has 2 heterocycles. The Labute approximate surface area is 153 Å². The van der Waals surface area contributed by atoms with Crippen LogP contribution >= 0.6 is 22.7 Å². The fourth-order valence-electron chi connectivity index (χ4n) is 2.01. The van der Waals surface area contributed by atoms with Gasteiger partial charge < -0.3 is 5.32 Å². The minimum absolute atomic E-state index is 0.170. The number of nitrogens with zero attached hydrogens (tertiary/aromatic N) is 2. The topological polar surface area (TPSA) is 79.4 Å². The summed E-state index contributed by atoms with van der Waals surface area (Å²) in [4.78, 5) is 16.8. The van der Waals surface area contributed by atoms with Crippen molar-refractivity contribution in [2.75, 3.05) is 19.4 Å². The fourth-order valence-corrected chi connectivity index (χ4v) is 4.43. The van der Waals surface area contributed by atoms with E-state index in [1.165, 1.54) is 37.6 Å². The average Bonchev–Trinajstić information content (AvgIpc) is 3.26. The summed E-state index contributed by atoms with van der Waals surface area (Å²) in [5, 5.41) is 9.15. The van der Waals surface area contributed by atoms with E-state index in [-0.39, 0.29) is 10.8 Å². The van der Waals surface area contributed by atoms with E-state index in [9.17, 15) is 13.2 Å². The van der Waals surface area contributed by atoms with Crippen molar-refractivity contribution in [3.63, 3.8) is 0 Å². The Hall–Kier alpha value is -2.07. The van der Waals surface area contributed by atoms with Gasteiger partial charge in [0.15, 0.2) is 0 Å². The first-order valence-corrected chi connectivity index (χ1v) is 10.5. The fraction of sp³-hybridized carbons (Fsp3) is 0.125. The molecular weight excluding hydrogens is 378 g/mol. The first kappa shape index (κ1) is 17.7. The van der Waals surface area contributed by atoms with E-state index in [1.54, 1.807) is 28.8 Å². The van der Waals surface area contributed by atoms with Crippen LogP contribution in [0.15, 0.2) is 51.4 Å². The third kappa shape index (κ3) is 3.79. The van der Waals surface area contributed by atoms with Gasteiger partial charge in [0, 0.05) is 36.1 Å². The van der Waals surface area contributed by atoms with E-state index in [1.807, 2.05) is 16.8 Å². The predicted octanol–water partition coefficient (Wildman–Crippen LogP) is 3.37. The quantitative estimate of drug-likeness (QED) is 0.721. The lowest BCUT2D eigenvalue weighted by atomic mass is 10.3. The molecule has 1 amide bonds. The van der Waals surface area contributed by atoms with E-state index >= 15 is 0 Å². The number of anilines is 1. The summed E-state index contributed by atoms with van der Waals surface area (Å²) in [5.74, 6) is -0.332. The summed E-state index contributed by atoms with van der Waals surface area (Å²) in [7, 11) is -0.544. The highest BCUT2D eigenvalue weighted by Gasteiger charge is 2.17. The molecular formula is C16H15N3O3S3. The van der Waals surface area contributed by atoms with Crippen LogP contribution in [0.25, 0.3) is 10.6 Å². The van der Waals surface area contributed by atoms with Crippen molar-refractivity contribution in [3.05, 3.63) is 52.2 Å². The zero-order valence-corrected chi connectivity index (χ0v) is 15.9. The molecule has 1 aromatic carbocycles. The van der Waals surface area contributed by atoms with E-state index in [2.05, 4.69) is 10.3 Å². The Bertz CT molecular complexity index is 975. The Morgan fingerprint density at radius 1 is 1.12 bits per heavy atom. The summed E-state index contributed by atoms with van der Waals surface area (Å²) in [6.45, 7) is 0. The third-order valence-corrected chi connectivity index (χ3v) is 6.80. The molecule has 0 aliphatic heterocycles. The number of nitrogens with one attached hydrogen (secondary N) is 1. The van der Waals surface area contributed by atoms with E-state index < -0.39 is 10.0 Å². The number of thiophene rings is 1. The Balaban J connectivity index is 1.73. The van der Waals surface area contributed by atoms with Crippen LogP contribution < -0.4 is 5.32 Å². The Morgan fingerprint density at radius 2 is 1.84 bits per heavy atom. The highest BCUT2D eigenvalue weighted by molar-refractivity contribution is 7.89. The second-order valence-electron chi connectivity index (χ2n) is 5.32. The molecule has 0 fully saturated rings. The molecule has 3 aromatic rings. The number of thiazole rings is 1. The van der Waals surface area contributed by atoms with Crippen LogP contribution in [0.2, 0.25) is 0 Å². The number of hydrogen-bond donors (Lipinski definition) is 1. The molecule has 130 valence electrons. The third-order valence-electron chi connectivity index (χ3n) is 3.40. The van der Waals surface area contributed by atoms with Gasteiger partial charge in [-0.05, 0) is 35.7 Å². The van der Waals surface area contributed by atoms with Crippen molar-refractivity contribution < 1.29 is 13.2 Å². The van der Waals surface area contributed by atoms with Gasteiger partial charge in [-0.3, -0.25) is 4.79 Å². The van der Waals surface area contributed by atoms with Crippen molar-refractivity contribution in [2.24, 2.45) is 0 Å². The number of benzene rings is 1. The molecule has 25 heavy (non-hydrogen) atoms. The van der Waals surface area contributed by atoms with Crippen LogP contribution in [0.4, 0.5) is 5.69 Å². The van der Waals surface area contributed by atoms with Gasteiger partial charge in [0.25, 0.3) is 5.91 Å².